The van der Waals surface area contributed by atoms with Gasteiger partial charge in [0, 0.05) is 16.5 Å². The van der Waals surface area contributed by atoms with Gasteiger partial charge in [0.05, 0.1) is 10.3 Å². The summed E-state index contributed by atoms with van der Waals surface area (Å²) in [5, 5.41) is 12.4. The van der Waals surface area contributed by atoms with Crippen molar-refractivity contribution in [1.29, 1.82) is 0 Å². The molecule has 0 N–H and O–H groups in total. The fourth-order valence-corrected chi connectivity index (χ4v) is 3.16. The maximum atomic E-state index is 11.9. The lowest BCUT2D eigenvalue weighted by atomic mass is 9.79. The van der Waals surface area contributed by atoms with E-state index in [0.29, 0.717) is 12.0 Å². The quantitative estimate of drug-likeness (QED) is 0.478. The monoisotopic (exact) mass is 309 g/mol. The Morgan fingerprint density at radius 2 is 2.05 bits per heavy atom. The molecule has 0 fully saturated rings. The van der Waals surface area contributed by atoms with Crippen LogP contribution in [0.4, 0.5) is 5.69 Å². The van der Waals surface area contributed by atoms with Crippen molar-refractivity contribution in [3.8, 4) is 0 Å². The third-order valence-electron chi connectivity index (χ3n) is 3.24. The standard InChI is InChI=1S/C14H12ClNO3S/c1-14(13(15)17,9-10-5-4-8-20-10)11-6-2-3-7-12(11)16(18)19/h2-8H,9H2,1H3. The lowest BCUT2D eigenvalue weighted by Gasteiger charge is -2.25. The number of rotatable bonds is 5. The van der Waals surface area contributed by atoms with Crippen molar-refractivity contribution < 1.29 is 9.72 Å². The second-order valence-corrected chi connectivity index (χ2v) is 6.01. The average Bonchev–Trinajstić information content (AvgIpc) is 2.91. The van der Waals surface area contributed by atoms with Crippen molar-refractivity contribution in [2.24, 2.45) is 0 Å². The van der Waals surface area contributed by atoms with Crippen molar-refractivity contribution >= 4 is 33.9 Å². The molecule has 1 atom stereocenters. The van der Waals surface area contributed by atoms with Crippen molar-refractivity contribution in [3.63, 3.8) is 0 Å². The van der Waals surface area contributed by atoms with Gasteiger partial charge in [-0.1, -0.05) is 24.3 Å². The van der Waals surface area contributed by atoms with Crippen LogP contribution in [-0.4, -0.2) is 10.2 Å². The summed E-state index contributed by atoms with van der Waals surface area (Å²) in [7, 11) is 0. The molecule has 0 aliphatic rings. The van der Waals surface area contributed by atoms with Crippen molar-refractivity contribution in [2.75, 3.05) is 0 Å². The molecule has 2 aromatic rings. The Kier molecular flexibility index (Phi) is 4.20. The fraction of sp³-hybridized carbons (Fsp3) is 0.214. The van der Waals surface area contributed by atoms with Crippen LogP contribution >= 0.6 is 22.9 Å². The Morgan fingerprint density at radius 1 is 1.35 bits per heavy atom. The zero-order valence-electron chi connectivity index (χ0n) is 10.7. The topological polar surface area (TPSA) is 60.2 Å². The van der Waals surface area contributed by atoms with Crippen LogP contribution in [0, 0.1) is 10.1 Å². The summed E-state index contributed by atoms with van der Waals surface area (Å²) in [5.41, 5.74) is -0.852. The highest BCUT2D eigenvalue weighted by atomic mass is 35.5. The lowest BCUT2D eigenvalue weighted by molar-refractivity contribution is -0.385. The van der Waals surface area contributed by atoms with Crippen molar-refractivity contribution in [2.45, 2.75) is 18.8 Å². The van der Waals surface area contributed by atoms with Gasteiger partial charge in [0.25, 0.3) is 5.69 Å². The van der Waals surface area contributed by atoms with Gasteiger partial charge in [0.15, 0.2) is 0 Å². The molecule has 0 aliphatic heterocycles. The minimum Gasteiger partial charge on any atom is -0.280 e. The van der Waals surface area contributed by atoms with E-state index >= 15 is 0 Å². The maximum absolute atomic E-state index is 11.9. The maximum Gasteiger partial charge on any atom is 0.273 e. The number of nitro groups is 1. The van der Waals surface area contributed by atoms with Gasteiger partial charge in [-0.3, -0.25) is 14.9 Å². The number of nitrogens with zero attached hydrogens (tertiary/aromatic N) is 1. The SMILES string of the molecule is CC(Cc1cccs1)(C(=O)Cl)c1ccccc1[N+](=O)[O-]. The molecule has 0 saturated carbocycles. The van der Waals surface area contributed by atoms with E-state index in [4.69, 9.17) is 11.6 Å². The van der Waals surface area contributed by atoms with E-state index < -0.39 is 15.6 Å². The number of nitro benzene ring substituents is 1. The highest BCUT2D eigenvalue weighted by molar-refractivity contribution is 7.09. The molecule has 0 radical (unpaired) electrons. The number of hydrogen-bond donors (Lipinski definition) is 0. The first kappa shape index (κ1) is 14.7. The highest BCUT2D eigenvalue weighted by Crippen LogP contribution is 2.37. The molecule has 1 heterocycles. The Bertz CT molecular complexity index is 642. The molecule has 4 nitrogen and oxygen atoms in total. The van der Waals surface area contributed by atoms with Crippen molar-refractivity contribution in [3.05, 3.63) is 62.3 Å². The van der Waals surface area contributed by atoms with Gasteiger partial charge in [-0.2, -0.15) is 0 Å². The summed E-state index contributed by atoms with van der Waals surface area (Å²) < 4.78 is 0. The Balaban J connectivity index is 2.53. The van der Waals surface area contributed by atoms with Crippen LogP contribution in [0.5, 0.6) is 0 Å². The third kappa shape index (κ3) is 2.73. The van der Waals surface area contributed by atoms with Gasteiger partial charge in [-0.05, 0) is 36.4 Å². The summed E-state index contributed by atoms with van der Waals surface area (Å²) in [4.78, 5) is 23.5. The summed E-state index contributed by atoms with van der Waals surface area (Å²) in [6, 6.07) is 9.99. The second kappa shape index (κ2) is 5.73. The van der Waals surface area contributed by atoms with Crippen LogP contribution in [0.1, 0.15) is 17.4 Å². The first-order valence-electron chi connectivity index (χ1n) is 5.91. The van der Waals surface area contributed by atoms with Crippen molar-refractivity contribution in [1.82, 2.24) is 0 Å². The third-order valence-corrected chi connectivity index (χ3v) is 4.53. The normalized spacial score (nSPS) is 13.7. The van der Waals surface area contributed by atoms with Crippen LogP contribution in [0.15, 0.2) is 41.8 Å². The van der Waals surface area contributed by atoms with Crippen LogP contribution in [-0.2, 0) is 16.6 Å². The van der Waals surface area contributed by atoms with E-state index in [1.165, 1.54) is 17.4 Å². The molecule has 1 unspecified atom stereocenters. The molecule has 6 heteroatoms. The molecule has 1 aromatic heterocycles. The van der Waals surface area contributed by atoms with E-state index in [0.717, 1.165) is 4.88 Å². The van der Waals surface area contributed by atoms with Gasteiger partial charge in [-0.15, -0.1) is 11.3 Å². The second-order valence-electron chi connectivity index (χ2n) is 4.64. The molecule has 0 bridgehead atoms. The molecule has 0 saturated heterocycles. The number of carbonyl (C=O) groups excluding carboxylic acids is 1. The number of thiophene rings is 1. The molecule has 0 amide bonds. The smallest absolute Gasteiger partial charge is 0.273 e. The molecule has 104 valence electrons. The first-order chi connectivity index (χ1) is 9.45. The predicted molar refractivity (Wildman–Crippen MR) is 79.3 cm³/mol. The largest absolute Gasteiger partial charge is 0.280 e. The summed E-state index contributed by atoms with van der Waals surface area (Å²) in [5.74, 6) is 0. The number of halogens is 1. The number of para-hydroxylation sites is 1. The molecular formula is C14H12ClNO3S. The summed E-state index contributed by atoms with van der Waals surface area (Å²) in [6.07, 6.45) is 0.345. The summed E-state index contributed by atoms with van der Waals surface area (Å²) >= 11 is 7.25. The highest BCUT2D eigenvalue weighted by Gasteiger charge is 2.39. The molecular weight excluding hydrogens is 298 g/mol. The van der Waals surface area contributed by atoms with Gasteiger partial charge in [0.1, 0.15) is 0 Å². The van der Waals surface area contributed by atoms with Crippen LogP contribution < -0.4 is 0 Å². The minimum atomic E-state index is -1.12. The summed E-state index contributed by atoms with van der Waals surface area (Å²) in [6.45, 7) is 1.64. The Morgan fingerprint density at radius 3 is 2.60 bits per heavy atom. The van der Waals surface area contributed by atoms with E-state index in [1.54, 1.807) is 25.1 Å². The van der Waals surface area contributed by atoms with E-state index in [9.17, 15) is 14.9 Å². The zero-order chi connectivity index (χ0) is 14.8. The number of benzene rings is 1. The Hall–Kier alpha value is -1.72. The zero-order valence-corrected chi connectivity index (χ0v) is 12.3. The number of carbonyl (C=O) groups is 1. The van der Waals surface area contributed by atoms with E-state index in [1.807, 2.05) is 17.5 Å². The number of hydrogen-bond acceptors (Lipinski definition) is 4. The van der Waals surface area contributed by atoms with Gasteiger partial charge >= 0.3 is 0 Å². The van der Waals surface area contributed by atoms with Gasteiger partial charge < -0.3 is 0 Å². The molecule has 1 aromatic carbocycles. The van der Waals surface area contributed by atoms with E-state index in [-0.39, 0.29) is 5.69 Å². The Labute approximate surface area is 125 Å². The van der Waals surface area contributed by atoms with Crippen LogP contribution in [0.2, 0.25) is 0 Å². The molecule has 2 rings (SSSR count). The van der Waals surface area contributed by atoms with Gasteiger partial charge in [0.2, 0.25) is 5.24 Å². The lowest BCUT2D eigenvalue weighted by Crippen LogP contribution is -2.32. The van der Waals surface area contributed by atoms with Crippen LogP contribution in [0.3, 0.4) is 0 Å². The molecule has 0 spiro atoms. The minimum absolute atomic E-state index is 0.0828. The van der Waals surface area contributed by atoms with Gasteiger partial charge in [-0.25, -0.2) is 0 Å². The molecule has 20 heavy (non-hydrogen) atoms. The first-order valence-corrected chi connectivity index (χ1v) is 7.17. The fourth-order valence-electron chi connectivity index (χ4n) is 2.13. The van der Waals surface area contributed by atoms with Crippen LogP contribution in [0.25, 0.3) is 0 Å². The van der Waals surface area contributed by atoms with E-state index in [2.05, 4.69) is 0 Å². The predicted octanol–water partition coefficient (Wildman–Crippen LogP) is 3.92. The molecule has 0 aliphatic carbocycles. The average molecular weight is 310 g/mol.